The monoisotopic (exact) mass is 356 g/mol. The number of hydrogen-bond donors (Lipinski definition) is 1. The number of fused-ring (bicyclic) bond motifs is 3. The van der Waals surface area contributed by atoms with Crippen LogP contribution in [0.15, 0.2) is 40.1 Å². The highest BCUT2D eigenvalue weighted by molar-refractivity contribution is 7.91. The van der Waals surface area contributed by atoms with E-state index in [1.54, 1.807) is 41.9 Å². The summed E-state index contributed by atoms with van der Waals surface area (Å²) in [6, 6.07) is 8.44. The fourth-order valence-corrected chi connectivity index (χ4v) is 5.07. The van der Waals surface area contributed by atoms with Gasteiger partial charge in [0.05, 0.1) is 4.90 Å². The van der Waals surface area contributed by atoms with E-state index in [0.29, 0.717) is 11.5 Å². The molecule has 1 aliphatic carbocycles. The largest absolute Gasteiger partial charge is 0.370 e. The van der Waals surface area contributed by atoms with Gasteiger partial charge in [-0.25, -0.2) is 17.9 Å². The van der Waals surface area contributed by atoms with Crippen LogP contribution in [-0.4, -0.2) is 30.1 Å². The summed E-state index contributed by atoms with van der Waals surface area (Å²) in [5.74, 6) is 0.342. The number of nitrogens with zero attached hydrogens (tertiary/aromatic N) is 3. The van der Waals surface area contributed by atoms with Gasteiger partial charge in [0.1, 0.15) is 0 Å². The molecule has 4 rings (SSSR count). The minimum atomic E-state index is -3.72. The summed E-state index contributed by atoms with van der Waals surface area (Å²) in [4.78, 5) is 5.03. The molecule has 0 atom stereocenters. The summed E-state index contributed by atoms with van der Waals surface area (Å²) in [5.41, 5.74) is 3.59. The lowest BCUT2D eigenvalue weighted by atomic mass is 9.95. The van der Waals surface area contributed by atoms with Crippen molar-refractivity contribution in [2.45, 2.75) is 42.4 Å². The van der Waals surface area contributed by atoms with Crippen LogP contribution in [0, 0.1) is 6.92 Å². The number of anilines is 1. The van der Waals surface area contributed by atoms with Crippen molar-refractivity contribution < 1.29 is 8.42 Å². The molecule has 0 amide bonds. The van der Waals surface area contributed by atoms with Crippen LogP contribution in [-0.2, 0) is 22.7 Å². The first-order valence-corrected chi connectivity index (χ1v) is 9.91. The number of rotatable bonds is 3. The molecule has 0 fully saturated rings. The Labute approximate surface area is 146 Å². The number of aromatic nitrogens is 3. The highest BCUT2D eigenvalue weighted by Gasteiger charge is 2.30. The van der Waals surface area contributed by atoms with Crippen LogP contribution in [0.4, 0.5) is 5.82 Å². The minimum Gasteiger partial charge on any atom is -0.370 e. The van der Waals surface area contributed by atoms with E-state index >= 15 is 0 Å². The molecule has 1 aromatic carbocycles. The second-order valence-electron chi connectivity index (χ2n) is 6.31. The number of hydrogen-bond acceptors (Lipinski definition) is 5. The Hall–Kier alpha value is -2.41. The van der Waals surface area contributed by atoms with Crippen molar-refractivity contribution in [2.75, 3.05) is 12.4 Å². The van der Waals surface area contributed by atoms with Gasteiger partial charge in [-0.15, -0.1) is 5.10 Å². The standard InChI is InChI=1S/C18H20N4O2S/c1-12-14-10-6-7-11-15(14)22-18(20-12)16(17(19-2)21-22)25(23,24)13-8-4-3-5-9-13/h3-5,8-9H,6-7,10-11H2,1-2H3,(H,19,21). The number of benzene rings is 1. The van der Waals surface area contributed by atoms with E-state index in [1.165, 1.54) is 5.56 Å². The van der Waals surface area contributed by atoms with Crippen molar-refractivity contribution in [3.8, 4) is 0 Å². The lowest BCUT2D eigenvalue weighted by molar-refractivity contribution is 0.597. The molecule has 1 N–H and O–H groups in total. The van der Waals surface area contributed by atoms with Gasteiger partial charge in [0.2, 0.25) is 9.84 Å². The Balaban J connectivity index is 2.06. The van der Waals surface area contributed by atoms with Gasteiger partial charge in [-0.3, -0.25) is 0 Å². The predicted octanol–water partition coefficient (Wildman–Crippen LogP) is 2.79. The van der Waals surface area contributed by atoms with E-state index in [4.69, 9.17) is 0 Å². The highest BCUT2D eigenvalue weighted by Crippen LogP contribution is 2.33. The lowest BCUT2D eigenvalue weighted by Gasteiger charge is -2.18. The molecular weight excluding hydrogens is 336 g/mol. The van der Waals surface area contributed by atoms with Crippen LogP contribution in [0.2, 0.25) is 0 Å². The van der Waals surface area contributed by atoms with Crippen molar-refractivity contribution in [2.24, 2.45) is 0 Å². The van der Waals surface area contributed by atoms with Crippen molar-refractivity contribution >= 4 is 21.3 Å². The minimum absolute atomic E-state index is 0.151. The topological polar surface area (TPSA) is 76.4 Å². The Morgan fingerprint density at radius 1 is 1.12 bits per heavy atom. The van der Waals surface area contributed by atoms with Crippen LogP contribution < -0.4 is 5.32 Å². The van der Waals surface area contributed by atoms with E-state index in [-0.39, 0.29) is 9.79 Å². The Morgan fingerprint density at radius 2 is 1.84 bits per heavy atom. The average Bonchev–Trinajstić information content (AvgIpc) is 3.02. The molecule has 0 bridgehead atoms. The molecule has 25 heavy (non-hydrogen) atoms. The van der Waals surface area contributed by atoms with E-state index in [2.05, 4.69) is 15.4 Å². The number of sulfone groups is 1. The maximum atomic E-state index is 13.2. The predicted molar refractivity (Wildman–Crippen MR) is 95.8 cm³/mol. The third-order valence-electron chi connectivity index (χ3n) is 4.78. The zero-order valence-electron chi connectivity index (χ0n) is 14.3. The van der Waals surface area contributed by atoms with Crippen molar-refractivity contribution in [3.63, 3.8) is 0 Å². The Bertz CT molecular complexity index is 1060. The molecule has 0 saturated heterocycles. The summed E-state index contributed by atoms with van der Waals surface area (Å²) < 4.78 is 28.2. The average molecular weight is 356 g/mol. The Kier molecular flexibility index (Phi) is 3.76. The summed E-state index contributed by atoms with van der Waals surface area (Å²) in [7, 11) is -2.03. The molecule has 0 spiro atoms. The summed E-state index contributed by atoms with van der Waals surface area (Å²) >= 11 is 0. The Morgan fingerprint density at radius 3 is 2.56 bits per heavy atom. The second-order valence-corrected chi connectivity index (χ2v) is 8.20. The van der Waals surface area contributed by atoms with E-state index < -0.39 is 9.84 Å². The third kappa shape index (κ3) is 2.41. The van der Waals surface area contributed by atoms with Gasteiger partial charge >= 0.3 is 0 Å². The molecular formula is C18H20N4O2S. The molecule has 7 heteroatoms. The number of aryl methyl sites for hydroxylation is 2. The molecule has 1 aliphatic rings. The number of nitrogens with one attached hydrogen (secondary N) is 1. The molecule has 0 aliphatic heterocycles. The fraction of sp³-hybridized carbons (Fsp3) is 0.333. The molecule has 3 aromatic rings. The SMILES string of the molecule is CNc1nn2c3c(c(C)nc2c1S(=O)(=O)c1ccccc1)CCCC3. The smallest absolute Gasteiger partial charge is 0.214 e. The first-order valence-electron chi connectivity index (χ1n) is 8.43. The molecule has 2 aromatic heterocycles. The van der Waals surface area contributed by atoms with Gasteiger partial charge in [0, 0.05) is 18.4 Å². The summed E-state index contributed by atoms with van der Waals surface area (Å²) in [6.45, 7) is 1.95. The van der Waals surface area contributed by atoms with Crippen LogP contribution in [0.25, 0.3) is 5.65 Å². The van der Waals surface area contributed by atoms with Crippen LogP contribution in [0.3, 0.4) is 0 Å². The summed E-state index contributed by atoms with van der Waals surface area (Å²) in [6.07, 6.45) is 4.09. The highest BCUT2D eigenvalue weighted by atomic mass is 32.2. The quantitative estimate of drug-likeness (QED) is 0.781. The van der Waals surface area contributed by atoms with E-state index in [1.807, 2.05) is 6.92 Å². The fourth-order valence-electron chi connectivity index (χ4n) is 3.55. The van der Waals surface area contributed by atoms with E-state index in [0.717, 1.165) is 37.1 Å². The van der Waals surface area contributed by atoms with Crippen molar-refractivity contribution in [1.29, 1.82) is 0 Å². The first-order chi connectivity index (χ1) is 12.0. The normalized spacial score (nSPS) is 14.5. The second kappa shape index (κ2) is 5.84. The molecule has 0 saturated carbocycles. The first kappa shape index (κ1) is 16.1. The molecule has 2 heterocycles. The van der Waals surface area contributed by atoms with E-state index in [9.17, 15) is 8.42 Å². The maximum Gasteiger partial charge on any atom is 0.214 e. The van der Waals surface area contributed by atoms with Crippen LogP contribution >= 0.6 is 0 Å². The molecule has 0 radical (unpaired) electrons. The zero-order valence-corrected chi connectivity index (χ0v) is 15.1. The van der Waals surface area contributed by atoms with Gasteiger partial charge in [0.15, 0.2) is 16.4 Å². The summed E-state index contributed by atoms with van der Waals surface area (Å²) in [5, 5.41) is 7.48. The van der Waals surface area contributed by atoms with Gasteiger partial charge in [0.25, 0.3) is 0 Å². The van der Waals surface area contributed by atoms with Crippen LogP contribution in [0.5, 0.6) is 0 Å². The molecule has 130 valence electrons. The van der Waals surface area contributed by atoms with Gasteiger partial charge in [-0.1, -0.05) is 18.2 Å². The maximum absolute atomic E-state index is 13.2. The third-order valence-corrected chi connectivity index (χ3v) is 6.59. The van der Waals surface area contributed by atoms with Gasteiger partial charge in [-0.05, 0) is 50.3 Å². The molecule has 0 unspecified atom stereocenters. The van der Waals surface area contributed by atoms with Crippen molar-refractivity contribution in [1.82, 2.24) is 14.6 Å². The van der Waals surface area contributed by atoms with Gasteiger partial charge < -0.3 is 5.32 Å². The zero-order chi connectivity index (χ0) is 17.6. The molecule has 6 nitrogen and oxygen atoms in total. The van der Waals surface area contributed by atoms with Crippen LogP contribution in [0.1, 0.15) is 29.8 Å². The van der Waals surface area contributed by atoms with Crippen molar-refractivity contribution in [3.05, 3.63) is 47.3 Å². The lowest BCUT2D eigenvalue weighted by Crippen LogP contribution is -2.13. The van der Waals surface area contributed by atoms with Gasteiger partial charge in [-0.2, -0.15) is 0 Å².